The standard InChI is InChI=1S/C18H21FN2O3S/c1-13-5-3-6-15(9-13)11-20-18(22)14(2)12-25(23,24)21-17-8-4-7-16(19)10-17/h3-10,14,21H,11-12H2,1-2H3,(H,20,22). The highest BCUT2D eigenvalue weighted by Gasteiger charge is 2.21. The summed E-state index contributed by atoms with van der Waals surface area (Å²) in [5.74, 6) is -2.02. The Kier molecular flexibility index (Phi) is 6.14. The van der Waals surface area contributed by atoms with Crippen molar-refractivity contribution in [1.29, 1.82) is 0 Å². The fraction of sp³-hybridized carbons (Fsp3) is 0.278. The second-order valence-electron chi connectivity index (χ2n) is 6.00. The molecule has 0 aromatic heterocycles. The van der Waals surface area contributed by atoms with E-state index in [1.165, 1.54) is 25.1 Å². The van der Waals surface area contributed by atoms with Gasteiger partial charge in [0.1, 0.15) is 5.82 Å². The van der Waals surface area contributed by atoms with Crippen molar-refractivity contribution < 1.29 is 17.6 Å². The van der Waals surface area contributed by atoms with Crippen LogP contribution in [-0.4, -0.2) is 20.1 Å². The second-order valence-corrected chi connectivity index (χ2v) is 7.77. The Labute approximate surface area is 147 Å². The lowest BCUT2D eigenvalue weighted by Gasteiger charge is -2.14. The van der Waals surface area contributed by atoms with E-state index in [1.807, 2.05) is 31.2 Å². The average molecular weight is 364 g/mol. The van der Waals surface area contributed by atoms with E-state index in [-0.39, 0.29) is 17.3 Å². The van der Waals surface area contributed by atoms with E-state index >= 15 is 0 Å². The maximum Gasteiger partial charge on any atom is 0.233 e. The normalized spacial score (nSPS) is 12.4. The van der Waals surface area contributed by atoms with E-state index in [4.69, 9.17) is 0 Å². The molecule has 0 heterocycles. The lowest BCUT2D eigenvalue weighted by atomic mass is 10.1. The molecule has 0 aliphatic heterocycles. The number of hydrogen-bond donors (Lipinski definition) is 2. The molecule has 7 heteroatoms. The Morgan fingerprint density at radius 3 is 2.56 bits per heavy atom. The van der Waals surface area contributed by atoms with E-state index in [0.717, 1.165) is 17.2 Å². The second kappa shape index (κ2) is 8.11. The molecule has 1 atom stereocenters. The third-order valence-electron chi connectivity index (χ3n) is 3.56. The SMILES string of the molecule is Cc1cccc(CNC(=O)C(C)CS(=O)(=O)Nc2cccc(F)c2)c1. The number of aryl methyl sites for hydroxylation is 1. The molecule has 2 rings (SSSR count). The molecule has 5 nitrogen and oxygen atoms in total. The van der Waals surface area contributed by atoms with Crippen LogP contribution in [0.15, 0.2) is 48.5 Å². The zero-order chi connectivity index (χ0) is 18.4. The van der Waals surface area contributed by atoms with Gasteiger partial charge in [-0.3, -0.25) is 9.52 Å². The van der Waals surface area contributed by atoms with Crippen LogP contribution >= 0.6 is 0 Å². The first-order valence-corrected chi connectivity index (χ1v) is 9.50. The van der Waals surface area contributed by atoms with E-state index < -0.39 is 21.8 Å². The van der Waals surface area contributed by atoms with Crippen molar-refractivity contribution in [2.24, 2.45) is 5.92 Å². The number of anilines is 1. The van der Waals surface area contributed by atoms with Crippen molar-refractivity contribution in [3.05, 3.63) is 65.5 Å². The predicted octanol–water partition coefficient (Wildman–Crippen LogP) is 2.83. The van der Waals surface area contributed by atoms with Gasteiger partial charge in [0.05, 0.1) is 17.4 Å². The Morgan fingerprint density at radius 2 is 1.88 bits per heavy atom. The molecule has 25 heavy (non-hydrogen) atoms. The molecule has 0 aliphatic carbocycles. The van der Waals surface area contributed by atoms with Gasteiger partial charge in [-0.25, -0.2) is 12.8 Å². The molecule has 0 fully saturated rings. The van der Waals surface area contributed by atoms with Crippen LogP contribution in [0.4, 0.5) is 10.1 Å². The van der Waals surface area contributed by atoms with E-state index in [0.29, 0.717) is 6.54 Å². The number of nitrogens with one attached hydrogen (secondary N) is 2. The molecule has 1 unspecified atom stereocenters. The zero-order valence-corrected chi connectivity index (χ0v) is 14.9. The molecule has 2 aromatic carbocycles. The number of rotatable bonds is 7. The minimum absolute atomic E-state index is 0.132. The summed E-state index contributed by atoms with van der Waals surface area (Å²) in [6.45, 7) is 3.83. The lowest BCUT2D eigenvalue weighted by molar-refractivity contribution is -0.124. The van der Waals surface area contributed by atoms with Gasteiger partial charge in [0.15, 0.2) is 0 Å². The predicted molar refractivity (Wildman–Crippen MR) is 96.0 cm³/mol. The largest absolute Gasteiger partial charge is 0.352 e. The van der Waals surface area contributed by atoms with Gasteiger partial charge in [0.2, 0.25) is 15.9 Å². The summed E-state index contributed by atoms with van der Waals surface area (Å²) >= 11 is 0. The highest BCUT2D eigenvalue weighted by atomic mass is 32.2. The van der Waals surface area contributed by atoms with Crippen molar-refractivity contribution in [3.63, 3.8) is 0 Å². The summed E-state index contributed by atoms with van der Waals surface area (Å²) in [7, 11) is -3.76. The first kappa shape index (κ1) is 18.9. The molecule has 0 radical (unpaired) electrons. The number of hydrogen-bond acceptors (Lipinski definition) is 3. The van der Waals surface area contributed by atoms with Gasteiger partial charge < -0.3 is 5.32 Å². The van der Waals surface area contributed by atoms with Crippen molar-refractivity contribution in [2.45, 2.75) is 20.4 Å². The molecule has 0 spiro atoms. The quantitative estimate of drug-likeness (QED) is 0.793. The minimum atomic E-state index is -3.76. The van der Waals surface area contributed by atoms with Crippen LogP contribution < -0.4 is 10.0 Å². The van der Waals surface area contributed by atoms with Gasteiger partial charge in [0.25, 0.3) is 0 Å². The fourth-order valence-corrected chi connectivity index (χ4v) is 3.74. The Bertz CT molecular complexity index is 853. The number of carbonyl (C=O) groups excluding carboxylic acids is 1. The highest BCUT2D eigenvalue weighted by Crippen LogP contribution is 2.13. The molecule has 2 N–H and O–H groups in total. The van der Waals surface area contributed by atoms with Crippen molar-refractivity contribution in [1.82, 2.24) is 5.32 Å². The van der Waals surface area contributed by atoms with Crippen LogP contribution in [0.25, 0.3) is 0 Å². The third-order valence-corrected chi connectivity index (χ3v) is 5.05. The first-order valence-electron chi connectivity index (χ1n) is 7.84. The van der Waals surface area contributed by atoms with Gasteiger partial charge in [0, 0.05) is 6.54 Å². The lowest BCUT2D eigenvalue weighted by Crippen LogP contribution is -2.34. The van der Waals surface area contributed by atoms with Gasteiger partial charge in [-0.2, -0.15) is 0 Å². The van der Waals surface area contributed by atoms with Crippen LogP contribution in [0.2, 0.25) is 0 Å². The van der Waals surface area contributed by atoms with Gasteiger partial charge in [-0.05, 0) is 30.7 Å². The van der Waals surface area contributed by atoms with Crippen LogP contribution in [-0.2, 0) is 21.4 Å². The van der Waals surface area contributed by atoms with Gasteiger partial charge >= 0.3 is 0 Å². The van der Waals surface area contributed by atoms with Crippen LogP contribution in [0, 0.1) is 18.7 Å². The topological polar surface area (TPSA) is 75.3 Å². The Balaban J connectivity index is 1.90. The van der Waals surface area contributed by atoms with Gasteiger partial charge in [-0.15, -0.1) is 0 Å². The fourth-order valence-electron chi connectivity index (χ4n) is 2.36. The number of carbonyl (C=O) groups is 1. The molecule has 2 aromatic rings. The molecule has 0 aliphatic rings. The molecule has 1 amide bonds. The smallest absolute Gasteiger partial charge is 0.233 e. The monoisotopic (exact) mass is 364 g/mol. The molecule has 0 saturated carbocycles. The van der Waals surface area contributed by atoms with Crippen LogP contribution in [0.3, 0.4) is 0 Å². The minimum Gasteiger partial charge on any atom is -0.352 e. The van der Waals surface area contributed by atoms with Crippen molar-refractivity contribution in [2.75, 3.05) is 10.5 Å². The third kappa shape index (κ3) is 6.19. The maximum absolute atomic E-state index is 13.1. The molecular weight excluding hydrogens is 343 g/mol. The maximum atomic E-state index is 13.1. The van der Waals surface area contributed by atoms with Crippen molar-refractivity contribution in [3.8, 4) is 0 Å². The zero-order valence-electron chi connectivity index (χ0n) is 14.1. The van der Waals surface area contributed by atoms with E-state index in [9.17, 15) is 17.6 Å². The van der Waals surface area contributed by atoms with E-state index in [2.05, 4.69) is 10.0 Å². The summed E-state index contributed by atoms with van der Waals surface area (Å²) in [4.78, 5) is 12.1. The highest BCUT2D eigenvalue weighted by molar-refractivity contribution is 7.92. The molecule has 134 valence electrons. The number of sulfonamides is 1. The Morgan fingerprint density at radius 1 is 1.16 bits per heavy atom. The van der Waals surface area contributed by atoms with E-state index in [1.54, 1.807) is 0 Å². The molecule has 0 bridgehead atoms. The first-order chi connectivity index (χ1) is 11.7. The Hall–Kier alpha value is -2.41. The van der Waals surface area contributed by atoms with Gasteiger partial charge in [-0.1, -0.05) is 42.8 Å². The number of benzene rings is 2. The van der Waals surface area contributed by atoms with Crippen LogP contribution in [0.5, 0.6) is 0 Å². The van der Waals surface area contributed by atoms with Crippen LogP contribution in [0.1, 0.15) is 18.1 Å². The average Bonchev–Trinajstić information content (AvgIpc) is 2.51. The number of amides is 1. The van der Waals surface area contributed by atoms with Crippen molar-refractivity contribution >= 4 is 21.6 Å². The molecular formula is C18H21FN2O3S. The summed E-state index contributed by atoms with van der Waals surface area (Å²) in [5.41, 5.74) is 2.16. The summed E-state index contributed by atoms with van der Waals surface area (Å²) in [6.07, 6.45) is 0. The molecule has 0 saturated heterocycles. The summed E-state index contributed by atoms with van der Waals surface area (Å²) in [5, 5.41) is 2.73. The number of halogens is 1. The summed E-state index contributed by atoms with van der Waals surface area (Å²) in [6, 6.07) is 12.9. The summed E-state index contributed by atoms with van der Waals surface area (Å²) < 4.78 is 39.7.